The van der Waals surface area contributed by atoms with Gasteiger partial charge in [-0.15, -0.1) is 15.6 Å². The van der Waals surface area contributed by atoms with Gasteiger partial charge in [-0.2, -0.15) is 23.4 Å². The smallest absolute Gasteiger partial charge is 0.419 e. The molecule has 2 saturated heterocycles. The molecule has 2 unspecified atom stereocenters. The molecule has 0 bridgehead atoms. The van der Waals surface area contributed by atoms with Gasteiger partial charge in [0.1, 0.15) is 28.2 Å². The van der Waals surface area contributed by atoms with Crippen molar-refractivity contribution < 1.29 is 22.8 Å². The van der Waals surface area contributed by atoms with Crippen LogP contribution in [0.2, 0.25) is 0 Å². The molecular formula is C35H44F3N9O2S2. The molecule has 51 heavy (non-hydrogen) atoms. The number of alkyl halides is 3. The number of piperazine rings is 1. The van der Waals surface area contributed by atoms with Crippen LogP contribution in [0.15, 0.2) is 24.3 Å². The second kappa shape index (κ2) is 15.1. The fourth-order valence-electron chi connectivity index (χ4n) is 7.14. The Kier molecular flexibility index (Phi) is 10.7. The van der Waals surface area contributed by atoms with E-state index in [4.69, 9.17) is 0 Å². The molecule has 5 heterocycles. The highest BCUT2D eigenvalue weighted by Crippen LogP contribution is 2.40. The number of aliphatic hydroxyl groups is 1. The van der Waals surface area contributed by atoms with Gasteiger partial charge < -0.3 is 24.9 Å². The zero-order valence-corrected chi connectivity index (χ0v) is 30.5. The summed E-state index contributed by atoms with van der Waals surface area (Å²) in [6.07, 6.45) is -3.25. The maximum Gasteiger partial charge on any atom is 0.419 e. The number of aromatic nitrogens is 3. The van der Waals surface area contributed by atoms with Gasteiger partial charge in [-0.25, -0.2) is 4.98 Å². The van der Waals surface area contributed by atoms with Crippen LogP contribution in [-0.4, -0.2) is 109 Å². The van der Waals surface area contributed by atoms with Crippen LogP contribution in [-0.2, 0) is 24.5 Å². The third-order valence-electron chi connectivity index (χ3n) is 10.5. The zero-order chi connectivity index (χ0) is 35.9. The number of benzene rings is 1. The predicted molar refractivity (Wildman–Crippen MR) is 195 cm³/mol. The summed E-state index contributed by atoms with van der Waals surface area (Å²) in [5, 5.41) is 27.7. The van der Waals surface area contributed by atoms with Crippen molar-refractivity contribution >= 4 is 55.6 Å². The van der Waals surface area contributed by atoms with E-state index >= 15 is 0 Å². The number of hydrogen-bond acceptors (Lipinski definition) is 11. The Hall–Kier alpha value is -3.17. The highest BCUT2D eigenvalue weighted by molar-refractivity contribution is 7.89. The third-order valence-corrected chi connectivity index (χ3v) is 13.2. The number of hydrogen-bond donors (Lipinski definition) is 3. The Bertz CT molecular complexity index is 1890. The first-order valence-corrected chi connectivity index (χ1v) is 19.7. The van der Waals surface area contributed by atoms with E-state index in [1.54, 1.807) is 7.05 Å². The zero-order valence-electron chi connectivity index (χ0n) is 28.9. The normalized spacial score (nSPS) is 19.8. The summed E-state index contributed by atoms with van der Waals surface area (Å²) in [5.41, 5.74) is 4.12. The Morgan fingerprint density at radius 1 is 1.04 bits per heavy atom. The lowest BCUT2D eigenvalue weighted by Gasteiger charge is -2.34. The van der Waals surface area contributed by atoms with Crippen molar-refractivity contribution in [2.24, 2.45) is 5.92 Å². The molecule has 7 rings (SSSR count). The SMILES string of the molecule is CNc1nc(NC2CCN(Cc3ccc4c(cc(C#N)n4CCN4CCN([S+]([O-])CC5CC5)CC4)c3C)CC2)c2cc(C(O)C(F)(F)F)sc2n1. The minimum atomic E-state index is -4.76. The summed E-state index contributed by atoms with van der Waals surface area (Å²) in [5.74, 6) is 2.23. The molecule has 0 spiro atoms. The van der Waals surface area contributed by atoms with Crippen molar-refractivity contribution in [3.05, 3.63) is 46.0 Å². The number of rotatable bonds is 12. The van der Waals surface area contributed by atoms with Gasteiger partial charge in [0.15, 0.2) is 6.10 Å². The number of fused-ring (bicyclic) bond motifs is 2. The molecule has 274 valence electrons. The Balaban J connectivity index is 0.960. The van der Waals surface area contributed by atoms with Crippen LogP contribution in [0.5, 0.6) is 0 Å². The number of aliphatic hydroxyl groups excluding tert-OH is 1. The first kappa shape index (κ1) is 36.2. The lowest BCUT2D eigenvalue weighted by atomic mass is 10.0. The van der Waals surface area contributed by atoms with Gasteiger partial charge in [0, 0.05) is 92.0 Å². The number of halogens is 3. The van der Waals surface area contributed by atoms with E-state index in [0.29, 0.717) is 33.6 Å². The number of likely N-dealkylation sites (tertiary alicyclic amines) is 1. The van der Waals surface area contributed by atoms with E-state index in [1.165, 1.54) is 30.0 Å². The monoisotopic (exact) mass is 743 g/mol. The van der Waals surface area contributed by atoms with E-state index in [9.17, 15) is 28.1 Å². The third kappa shape index (κ3) is 8.09. The van der Waals surface area contributed by atoms with Crippen LogP contribution in [0.3, 0.4) is 0 Å². The van der Waals surface area contributed by atoms with Gasteiger partial charge in [0.25, 0.3) is 0 Å². The van der Waals surface area contributed by atoms with Crippen molar-refractivity contribution in [3.63, 3.8) is 0 Å². The van der Waals surface area contributed by atoms with Gasteiger partial charge in [-0.1, -0.05) is 6.07 Å². The second-order valence-electron chi connectivity index (χ2n) is 13.9. The van der Waals surface area contributed by atoms with Crippen molar-refractivity contribution in [1.82, 2.24) is 28.6 Å². The maximum atomic E-state index is 13.2. The quantitative estimate of drug-likeness (QED) is 0.166. The minimum absolute atomic E-state index is 0.0728. The molecule has 11 nitrogen and oxygen atoms in total. The number of piperidine rings is 1. The lowest BCUT2D eigenvalue weighted by molar-refractivity contribution is -0.205. The molecule has 1 aromatic carbocycles. The average molecular weight is 744 g/mol. The van der Waals surface area contributed by atoms with E-state index in [2.05, 4.69) is 64.4 Å². The number of nitriles is 1. The number of nitrogens with zero attached hydrogens (tertiary/aromatic N) is 7. The lowest BCUT2D eigenvalue weighted by Crippen LogP contribution is -2.50. The van der Waals surface area contributed by atoms with Crippen LogP contribution < -0.4 is 10.6 Å². The summed E-state index contributed by atoms with van der Waals surface area (Å²) in [6, 6.07) is 10.1. The maximum absolute atomic E-state index is 13.2. The van der Waals surface area contributed by atoms with Crippen LogP contribution in [0.4, 0.5) is 24.9 Å². The summed E-state index contributed by atoms with van der Waals surface area (Å²) in [6.45, 7) is 9.53. The Morgan fingerprint density at radius 2 is 1.78 bits per heavy atom. The predicted octanol–water partition coefficient (Wildman–Crippen LogP) is 5.23. The topological polar surface area (TPSA) is 132 Å². The van der Waals surface area contributed by atoms with Gasteiger partial charge in [-0.3, -0.25) is 9.80 Å². The highest BCUT2D eigenvalue weighted by Gasteiger charge is 2.41. The molecule has 3 fully saturated rings. The van der Waals surface area contributed by atoms with Crippen molar-refractivity contribution in [2.45, 2.75) is 64.0 Å². The molecule has 0 amide bonds. The number of anilines is 2. The van der Waals surface area contributed by atoms with E-state index in [-0.39, 0.29) is 10.9 Å². The molecule has 1 saturated carbocycles. The minimum Gasteiger partial charge on any atom is -0.598 e. The largest absolute Gasteiger partial charge is 0.598 e. The molecular weight excluding hydrogens is 700 g/mol. The van der Waals surface area contributed by atoms with Gasteiger partial charge in [0.2, 0.25) is 5.95 Å². The second-order valence-corrected chi connectivity index (χ2v) is 16.5. The number of thiophene rings is 1. The van der Waals surface area contributed by atoms with E-state index < -0.39 is 23.6 Å². The molecule has 2 aliphatic heterocycles. The Morgan fingerprint density at radius 3 is 2.45 bits per heavy atom. The summed E-state index contributed by atoms with van der Waals surface area (Å²) < 4.78 is 56.6. The van der Waals surface area contributed by atoms with Gasteiger partial charge in [0.05, 0.1) is 18.5 Å². The molecule has 0 radical (unpaired) electrons. The van der Waals surface area contributed by atoms with Crippen molar-refractivity contribution in [2.75, 3.05) is 69.2 Å². The van der Waals surface area contributed by atoms with Crippen LogP contribution in [0, 0.1) is 24.2 Å². The molecule has 4 aromatic rings. The fourth-order valence-corrected chi connectivity index (χ4v) is 9.70. The molecule has 1 aliphatic carbocycles. The first-order valence-electron chi connectivity index (χ1n) is 17.6. The molecule has 3 aliphatic rings. The van der Waals surface area contributed by atoms with Gasteiger partial charge in [-0.05, 0) is 61.9 Å². The molecule has 2 atom stereocenters. The summed E-state index contributed by atoms with van der Waals surface area (Å²) >= 11 is -0.0478. The molecule has 3 aromatic heterocycles. The number of aryl methyl sites for hydroxylation is 1. The van der Waals surface area contributed by atoms with Crippen molar-refractivity contribution in [3.8, 4) is 6.07 Å². The van der Waals surface area contributed by atoms with E-state index in [1.807, 2.05) is 6.07 Å². The fraction of sp³-hybridized carbons (Fsp3) is 0.571. The van der Waals surface area contributed by atoms with E-state index in [0.717, 1.165) is 99.7 Å². The van der Waals surface area contributed by atoms with Crippen LogP contribution in [0.1, 0.15) is 53.5 Å². The Labute approximate surface area is 302 Å². The van der Waals surface area contributed by atoms with Crippen LogP contribution in [0.25, 0.3) is 21.1 Å². The standard InChI is InChI=1S/C35H44F3N9O2S2/c1-22-24(5-6-29-27(22)17-26(19-39)47(29)16-13-44-11-14-46(15-12-44)51(49)21-23-3-4-23)20-45-9-7-25(8-10-45)41-32-28-18-30(31(48)35(36,37)38)50-33(28)43-34(40-2)42-32/h5-6,17-18,23,25,31,48H,3-4,7-16,20-21H2,1-2H3,(H2,40,41,42,43). The molecule has 3 N–H and O–H groups in total. The van der Waals surface area contributed by atoms with Gasteiger partial charge >= 0.3 is 6.18 Å². The van der Waals surface area contributed by atoms with Crippen LogP contribution >= 0.6 is 11.3 Å². The average Bonchev–Trinajstić information content (AvgIpc) is 3.70. The van der Waals surface area contributed by atoms with Crippen molar-refractivity contribution in [1.29, 1.82) is 5.26 Å². The highest BCUT2D eigenvalue weighted by atomic mass is 32.2. The summed E-state index contributed by atoms with van der Waals surface area (Å²) in [7, 11) is 1.66. The first-order chi connectivity index (χ1) is 24.5. The number of nitrogens with one attached hydrogen (secondary N) is 2. The molecule has 16 heteroatoms. The summed E-state index contributed by atoms with van der Waals surface area (Å²) in [4.78, 5) is 13.8.